The highest BCUT2D eigenvalue weighted by Gasteiger charge is 2.51. The molecule has 9 atom stereocenters. The van der Waals surface area contributed by atoms with E-state index in [1.807, 2.05) is 0 Å². The second kappa shape index (κ2) is 8.31. The van der Waals surface area contributed by atoms with Gasteiger partial charge in [0.2, 0.25) is 6.29 Å². The van der Waals surface area contributed by atoms with E-state index < -0.39 is 73.5 Å². The van der Waals surface area contributed by atoms with Gasteiger partial charge < -0.3 is 44.1 Å². The summed E-state index contributed by atoms with van der Waals surface area (Å²) in [7, 11) is 0. The van der Waals surface area contributed by atoms with Crippen LogP contribution in [0.5, 0.6) is 0 Å². The van der Waals surface area contributed by atoms with E-state index in [0.29, 0.717) is 0 Å². The van der Waals surface area contributed by atoms with Crippen LogP contribution in [-0.4, -0.2) is 82.1 Å². The van der Waals surface area contributed by atoms with Crippen LogP contribution in [0.4, 0.5) is 0 Å². The second-order valence-electron chi connectivity index (χ2n) is 7.03. The molecule has 1 unspecified atom stereocenters. The molecule has 0 aromatic heterocycles. The van der Waals surface area contributed by atoms with E-state index in [0.717, 1.165) is 6.26 Å². The van der Waals surface area contributed by atoms with Gasteiger partial charge in [-0.25, -0.2) is 0 Å². The third-order valence-corrected chi connectivity index (χ3v) is 5.09. The van der Waals surface area contributed by atoms with Crippen molar-refractivity contribution in [3.05, 3.63) is 12.0 Å². The molecule has 0 aliphatic carbocycles. The minimum atomic E-state index is -1.61. The number of aliphatic hydroxyl groups is 4. The molecule has 0 aromatic rings. The Morgan fingerprint density at radius 1 is 1.21 bits per heavy atom. The van der Waals surface area contributed by atoms with Crippen molar-refractivity contribution in [1.29, 1.82) is 0 Å². The van der Waals surface area contributed by atoms with E-state index in [1.165, 1.54) is 6.92 Å². The fourth-order valence-corrected chi connectivity index (χ4v) is 3.69. The smallest absolute Gasteiger partial charge is 0.307 e. The van der Waals surface area contributed by atoms with Crippen LogP contribution in [0.3, 0.4) is 0 Å². The summed E-state index contributed by atoms with van der Waals surface area (Å²) in [6.45, 7) is 2.24. The van der Waals surface area contributed by atoms with E-state index >= 15 is 0 Å². The number of hydrogen-bond donors (Lipinski definition) is 4. The zero-order valence-electron chi connectivity index (χ0n) is 15.3. The van der Waals surface area contributed by atoms with Gasteiger partial charge in [0.25, 0.3) is 0 Å². The Hall–Kier alpha value is -1.76. The van der Waals surface area contributed by atoms with E-state index in [-0.39, 0.29) is 12.2 Å². The minimum Gasteiger partial charge on any atom is -0.468 e. The zero-order valence-corrected chi connectivity index (χ0v) is 15.3. The molecule has 3 aliphatic heterocycles. The third-order valence-electron chi connectivity index (χ3n) is 5.09. The quantitative estimate of drug-likeness (QED) is 0.389. The predicted molar refractivity (Wildman–Crippen MR) is 86.7 cm³/mol. The van der Waals surface area contributed by atoms with Crippen LogP contribution in [0, 0.1) is 11.8 Å². The lowest BCUT2D eigenvalue weighted by atomic mass is 9.80. The Morgan fingerprint density at radius 2 is 1.93 bits per heavy atom. The van der Waals surface area contributed by atoms with Crippen molar-refractivity contribution >= 4 is 11.9 Å². The van der Waals surface area contributed by atoms with Gasteiger partial charge in [-0.05, 0) is 6.92 Å². The summed E-state index contributed by atoms with van der Waals surface area (Å²) < 4.78 is 26.9. The first-order chi connectivity index (χ1) is 13.2. The number of aliphatic hydroxyl groups excluding tert-OH is 4. The average molecular weight is 404 g/mol. The predicted octanol–water partition coefficient (Wildman–Crippen LogP) is -1.87. The van der Waals surface area contributed by atoms with E-state index in [1.54, 1.807) is 6.92 Å². The van der Waals surface area contributed by atoms with Crippen LogP contribution in [0.15, 0.2) is 12.0 Å². The van der Waals surface area contributed by atoms with Gasteiger partial charge >= 0.3 is 11.9 Å². The Bertz CT molecular complexity index is 633. The van der Waals surface area contributed by atoms with Crippen molar-refractivity contribution in [3.63, 3.8) is 0 Å². The molecule has 0 bridgehead atoms. The molecule has 0 spiro atoms. The zero-order chi connectivity index (χ0) is 20.6. The van der Waals surface area contributed by atoms with E-state index in [2.05, 4.69) is 0 Å². The van der Waals surface area contributed by atoms with Gasteiger partial charge in [-0.3, -0.25) is 9.59 Å². The molecule has 0 saturated carbocycles. The number of hydrogen-bond acceptors (Lipinski definition) is 11. The first-order valence-electron chi connectivity index (χ1n) is 8.92. The summed E-state index contributed by atoms with van der Waals surface area (Å²) in [5.74, 6) is -2.04. The van der Waals surface area contributed by atoms with Crippen molar-refractivity contribution in [2.24, 2.45) is 11.8 Å². The maximum absolute atomic E-state index is 11.8. The highest BCUT2D eigenvalue weighted by atomic mass is 16.8. The molecule has 3 heterocycles. The third kappa shape index (κ3) is 4.00. The molecule has 3 aliphatic rings. The largest absolute Gasteiger partial charge is 0.468 e. The molecular formula is C17H24O11. The first kappa shape index (κ1) is 21.0. The number of rotatable bonds is 4. The van der Waals surface area contributed by atoms with Crippen molar-refractivity contribution in [2.75, 3.05) is 6.61 Å². The Morgan fingerprint density at radius 3 is 2.57 bits per heavy atom. The van der Waals surface area contributed by atoms with Crippen LogP contribution in [0.1, 0.15) is 20.3 Å². The molecule has 0 amide bonds. The summed E-state index contributed by atoms with van der Waals surface area (Å²) in [5.41, 5.74) is 0. The number of fused-ring (bicyclic) bond motifs is 1. The molecule has 2 fully saturated rings. The lowest BCUT2D eigenvalue weighted by molar-refractivity contribution is -0.347. The van der Waals surface area contributed by atoms with Gasteiger partial charge in [-0.1, -0.05) is 0 Å². The number of carbonyl (C=O) groups is 2. The molecule has 11 nitrogen and oxygen atoms in total. The summed E-state index contributed by atoms with van der Waals surface area (Å²) in [6.07, 6.45) is -7.95. The molecule has 3 rings (SSSR count). The van der Waals surface area contributed by atoms with Crippen molar-refractivity contribution in [1.82, 2.24) is 0 Å². The van der Waals surface area contributed by atoms with Gasteiger partial charge in [0.05, 0.1) is 18.9 Å². The minimum absolute atomic E-state index is 0.0635. The number of esters is 2. The highest BCUT2D eigenvalue weighted by Crippen LogP contribution is 2.41. The Kier molecular flexibility index (Phi) is 6.22. The number of allylic oxidation sites excluding steroid dienone is 1. The first-order valence-corrected chi connectivity index (χ1v) is 8.92. The fourth-order valence-electron chi connectivity index (χ4n) is 3.69. The van der Waals surface area contributed by atoms with Crippen LogP contribution in [0.25, 0.3) is 0 Å². The molecule has 158 valence electrons. The molecule has 11 heteroatoms. The molecule has 0 aromatic carbocycles. The van der Waals surface area contributed by atoms with Gasteiger partial charge in [-0.15, -0.1) is 0 Å². The van der Waals surface area contributed by atoms with Crippen LogP contribution >= 0.6 is 0 Å². The topological polar surface area (TPSA) is 161 Å². The normalized spacial score (nSPS) is 43.3. The summed E-state index contributed by atoms with van der Waals surface area (Å²) in [4.78, 5) is 23.2. The summed E-state index contributed by atoms with van der Waals surface area (Å²) in [6, 6.07) is 0. The molecule has 28 heavy (non-hydrogen) atoms. The lowest BCUT2D eigenvalue weighted by Gasteiger charge is -2.45. The maximum atomic E-state index is 11.8. The Labute approximate surface area is 160 Å². The Balaban J connectivity index is 1.80. The molecule has 4 N–H and O–H groups in total. The number of cyclic esters (lactones) is 1. The average Bonchev–Trinajstić information content (AvgIpc) is 2.63. The molecule has 0 radical (unpaired) electrons. The number of carbonyl (C=O) groups excluding carboxylic acids is 2. The SMILES string of the molecule is CC(=O)OC1=CO[C@@H](O[C@@H]2O[C@H](CO)[C@@H](O)[C@H](O)[C@H]2O)[C@@H]2C(C)OC(=O)C[C@H]12. The second-order valence-corrected chi connectivity index (χ2v) is 7.03. The lowest BCUT2D eigenvalue weighted by Crippen LogP contribution is -2.61. The van der Waals surface area contributed by atoms with Gasteiger partial charge in [0.15, 0.2) is 6.29 Å². The van der Waals surface area contributed by atoms with Crippen LogP contribution in [-0.2, 0) is 33.3 Å². The van der Waals surface area contributed by atoms with E-state index in [4.69, 9.17) is 23.7 Å². The van der Waals surface area contributed by atoms with Gasteiger partial charge in [-0.2, -0.15) is 0 Å². The standard InChI is InChI=1S/C17H24O11/c1-6-12-8(3-11(20)25-6)10(26-7(2)19)5-24-16(12)28-17-15(23)14(22)13(21)9(4-18)27-17/h5-6,8-9,12-18,21-23H,3-4H2,1-2H3/t6?,8-,9-,12-,13-,14+,15-,16+,17+/m1/s1. The molecule has 2 saturated heterocycles. The fraction of sp³-hybridized carbons (Fsp3) is 0.765. The van der Waals surface area contributed by atoms with E-state index in [9.17, 15) is 30.0 Å². The monoisotopic (exact) mass is 404 g/mol. The molecular weight excluding hydrogens is 380 g/mol. The maximum Gasteiger partial charge on any atom is 0.307 e. The van der Waals surface area contributed by atoms with Gasteiger partial charge in [0, 0.05) is 12.8 Å². The number of ether oxygens (including phenoxy) is 5. The van der Waals surface area contributed by atoms with Crippen LogP contribution < -0.4 is 0 Å². The summed E-state index contributed by atoms with van der Waals surface area (Å²) >= 11 is 0. The van der Waals surface area contributed by atoms with Crippen molar-refractivity contribution < 1.29 is 53.7 Å². The van der Waals surface area contributed by atoms with Crippen molar-refractivity contribution in [3.8, 4) is 0 Å². The highest BCUT2D eigenvalue weighted by molar-refractivity contribution is 5.72. The van der Waals surface area contributed by atoms with Crippen LogP contribution in [0.2, 0.25) is 0 Å². The summed E-state index contributed by atoms with van der Waals surface area (Å²) in [5, 5.41) is 39.2. The van der Waals surface area contributed by atoms with Crippen molar-refractivity contribution in [2.45, 2.75) is 63.4 Å². The van der Waals surface area contributed by atoms with Gasteiger partial charge in [0.1, 0.15) is 42.5 Å².